The van der Waals surface area contributed by atoms with Crippen LogP contribution in [0.4, 0.5) is 11.4 Å². The van der Waals surface area contributed by atoms with E-state index in [1.165, 1.54) is 17.8 Å². The normalized spacial score (nSPS) is 15.1. The maximum atomic E-state index is 12.2. The number of rotatable bonds is 7. The fourth-order valence-corrected chi connectivity index (χ4v) is 3.46. The molecule has 9 heteroatoms. The van der Waals surface area contributed by atoms with Crippen molar-refractivity contribution in [2.45, 2.75) is 13.3 Å². The highest BCUT2D eigenvalue weighted by atomic mass is 35.5. The number of carbonyl (C=O) groups excluding carboxylic acids is 1. The number of nitrogens with one attached hydrogen (secondary N) is 1. The molecule has 3 rings (SSSR count). The number of nitro benzene ring substituents is 1. The number of hydrogen-bond acceptors (Lipinski definition) is 6. The number of halogens is 1. The van der Waals surface area contributed by atoms with E-state index in [1.807, 2.05) is 18.2 Å². The maximum Gasteiger partial charge on any atom is 0.288 e. The van der Waals surface area contributed by atoms with Crippen LogP contribution in [0.15, 0.2) is 53.6 Å². The Labute approximate surface area is 180 Å². The van der Waals surface area contributed by atoms with E-state index in [0.29, 0.717) is 24.2 Å². The quantitative estimate of drug-likeness (QED) is 0.414. The van der Waals surface area contributed by atoms with Crippen molar-refractivity contribution in [1.29, 1.82) is 0 Å². The number of para-hydroxylation sites is 1. The van der Waals surface area contributed by atoms with Crippen LogP contribution in [0, 0.1) is 10.1 Å². The molecule has 30 heavy (non-hydrogen) atoms. The van der Waals surface area contributed by atoms with Crippen LogP contribution in [0.5, 0.6) is 0 Å². The van der Waals surface area contributed by atoms with Gasteiger partial charge in [-0.1, -0.05) is 35.9 Å². The zero-order chi connectivity index (χ0) is 21.5. The molecular weight excluding hydrogens is 406 g/mol. The third-order valence-corrected chi connectivity index (χ3v) is 5.38. The largest absolute Gasteiger partial charge is 0.369 e. The van der Waals surface area contributed by atoms with E-state index in [0.717, 1.165) is 26.2 Å². The van der Waals surface area contributed by atoms with Crippen molar-refractivity contribution in [3.05, 3.63) is 69.2 Å². The monoisotopic (exact) mass is 429 g/mol. The van der Waals surface area contributed by atoms with Crippen molar-refractivity contribution in [1.82, 2.24) is 10.3 Å². The fourth-order valence-electron chi connectivity index (χ4n) is 3.27. The lowest BCUT2D eigenvalue weighted by Gasteiger charge is -2.36. The molecule has 8 nitrogen and oxygen atoms in total. The van der Waals surface area contributed by atoms with Gasteiger partial charge in [0.25, 0.3) is 5.69 Å². The minimum Gasteiger partial charge on any atom is -0.369 e. The Kier molecular flexibility index (Phi) is 7.37. The number of carbonyl (C=O) groups is 1. The minimum absolute atomic E-state index is 0.0629. The smallest absolute Gasteiger partial charge is 0.288 e. The molecular formula is C21H24ClN5O3. The van der Waals surface area contributed by atoms with Gasteiger partial charge < -0.3 is 4.90 Å². The molecule has 0 radical (unpaired) electrons. The summed E-state index contributed by atoms with van der Waals surface area (Å²) in [4.78, 5) is 27.2. The number of amides is 1. The number of hydrazone groups is 1. The molecule has 2 aromatic rings. The van der Waals surface area contributed by atoms with Gasteiger partial charge in [0, 0.05) is 56.5 Å². The maximum absolute atomic E-state index is 12.2. The first-order valence-corrected chi connectivity index (χ1v) is 10.1. The number of hydrogen-bond donors (Lipinski definition) is 1. The molecule has 2 aromatic carbocycles. The summed E-state index contributed by atoms with van der Waals surface area (Å²) in [6, 6.07) is 14.7. The highest BCUT2D eigenvalue weighted by molar-refractivity contribution is 6.32. The van der Waals surface area contributed by atoms with Crippen molar-refractivity contribution in [2.24, 2.45) is 5.10 Å². The van der Waals surface area contributed by atoms with Gasteiger partial charge in [-0.25, -0.2) is 5.43 Å². The second-order valence-electron chi connectivity index (χ2n) is 7.07. The fraction of sp³-hybridized carbons (Fsp3) is 0.333. The Balaban J connectivity index is 1.45. The molecule has 0 unspecified atom stereocenters. The molecule has 1 heterocycles. The van der Waals surface area contributed by atoms with Gasteiger partial charge in [0.1, 0.15) is 5.02 Å². The second-order valence-corrected chi connectivity index (χ2v) is 7.48. The van der Waals surface area contributed by atoms with Crippen LogP contribution in [-0.4, -0.2) is 54.2 Å². The lowest BCUT2D eigenvalue weighted by Crippen LogP contribution is -2.47. The summed E-state index contributed by atoms with van der Waals surface area (Å²) >= 11 is 5.82. The summed E-state index contributed by atoms with van der Waals surface area (Å²) in [7, 11) is 0. The number of nitrogens with zero attached hydrogens (tertiary/aromatic N) is 4. The molecule has 0 spiro atoms. The summed E-state index contributed by atoms with van der Waals surface area (Å²) in [6.07, 6.45) is 0.336. The van der Waals surface area contributed by atoms with E-state index >= 15 is 0 Å². The van der Waals surface area contributed by atoms with Crippen LogP contribution >= 0.6 is 11.6 Å². The molecule has 1 saturated heterocycles. The number of anilines is 1. The Morgan fingerprint density at radius 3 is 2.53 bits per heavy atom. The Hall–Kier alpha value is -2.97. The molecule has 158 valence electrons. The predicted molar refractivity (Wildman–Crippen MR) is 118 cm³/mol. The van der Waals surface area contributed by atoms with E-state index in [2.05, 4.69) is 32.5 Å². The van der Waals surface area contributed by atoms with Crippen LogP contribution in [0.3, 0.4) is 0 Å². The summed E-state index contributed by atoms with van der Waals surface area (Å²) < 4.78 is 0. The first-order chi connectivity index (χ1) is 14.4. The van der Waals surface area contributed by atoms with E-state index in [4.69, 9.17) is 11.6 Å². The molecule has 1 fully saturated rings. The number of benzene rings is 2. The van der Waals surface area contributed by atoms with E-state index < -0.39 is 4.92 Å². The summed E-state index contributed by atoms with van der Waals surface area (Å²) in [6.45, 7) is 6.00. The SMILES string of the molecule is C/C(=N\NC(=O)CCN1CCN(c2ccccc2)CC1)c1ccc(Cl)c([N+](=O)[O-])c1. The van der Waals surface area contributed by atoms with Crippen molar-refractivity contribution in [2.75, 3.05) is 37.6 Å². The second kappa shape index (κ2) is 10.2. The van der Waals surface area contributed by atoms with Crippen LogP contribution < -0.4 is 10.3 Å². The van der Waals surface area contributed by atoms with Crippen molar-refractivity contribution in [3.63, 3.8) is 0 Å². The number of nitro groups is 1. The number of piperazine rings is 1. The lowest BCUT2D eigenvalue weighted by molar-refractivity contribution is -0.384. The average Bonchev–Trinajstić information content (AvgIpc) is 2.77. The van der Waals surface area contributed by atoms with E-state index in [-0.39, 0.29) is 16.6 Å². The van der Waals surface area contributed by atoms with Crippen LogP contribution in [0.2, 0.25) is 5.02 Å². The topological polar surface area (TPSA) is 91.1 Å². The third-order valence-electron chi connectivity index (χ3n) is 5.06. The molecule has 0 aliphatic carbocycles. The molecule has 1 aliphatic rings. The van der Waals surface area contributed by atoms with Gasteiger partial charge in [-0.2, -0.15) is 5.10 Å². The molecule has 0 saturated carbocycles. The summed E-state index contributed by atoms with van der Waals surface area (Å²) in [5.74, 6) is -0.191. The molecule has 1 N–H and O–H groups in total. The van der Waals surface area contributed by atoms with Gasteiger partial charge in [-0.3, -0.25) is 19.8 Å². The van der Waals surface area contributed by atoms with Crippen molar-refractivity contribution >= 4 is 34.6 Å². The Morgan fingerprint density at radius 2 is 1.87 bits per heavy atom. The predicted octanol–water partition coefficient (Wildman–Crippen LogP) is 3.30. The van der Waals surface area contributed by atoms with E-state index in [1.54, 1.807) is 13.0 Å². The van der Waals surface area contributed by atoms with Crippen molar-refractivity contribution < 1.29 is 9.72 Å². The highest BCUT2D eigenvalue weighted by Crippen LogP contribution is 2.25. The van der Waals surface area contributed by atoms with Gasteiger partial charge in [-0.05, 0) is 25.1 Å². The molecule has 0 aromatic heterocycles. The van der Waals surface area contributed by atoms with Gasteiger partial charge in [0.05, 0.1) is 10.6 Å². The van der Waals surface area contributed by atoms with Gasteiger partial charge >= 0.3 is 0 Å². The first kappa shape index (κ1) is 21.7. The average molecular weight is 430 g/mol. The highest BCUT2D eigenvalue weighted by Gasteiger charge is 2.18. The molecule has 1 amide bonds. The minimum atomic E-state index is -0.546. The zero-order valence-corrected chi connectivity index (χ0v) is 17.5. The van der Waals surface area contributed by atoms with Crippen molar-refractivity contribution in [3.8, 4) is 0 Å². The van der Waals surface area contributed by atoms with Gasteiger partial charge in [0.2, 0.25) is 5.91 Å². The molecule has 0 bridgehead atoms. The Morgan fingerprint density at radius 1 is 1.17 bits per heavy atom. The summed E-state index contributed by atoms with van der Waals surface area (Å²) in [5, 5.41) is 15.1. The third kappa shape index (κ3) is 5.77. The van der Waals surface area contributed by atoms with Crippen LogP contribution in [-0.2, 0) is 4.79 Å². The molecule has 1 aliphatic heterocycles. The standard InChI is InChI=1S/C21H24ClN5O3/c1-16(17-7-8-19(22)20(15-17)27(29)30)23-24-21(28)9-10-25-11-13-26(14-12-25)18-5-3-2-4-6-18/h2-8,15H,9-14H2,1H3,(H,24,28)/b23-16+. The molecule has 0 atom stereocenters. The lowest BCUT2D eigenvalue weighted by atomic mass is 10.1. The van der Waals surface area contributed by atoms with Gasteiger partial charge in [-0.15, -0.1) is 0 Å². The summed E-state index contributed by atoms with van der Waals surface area (Å²) in [5.41, 5.74) is 4.56. The van der Waals surface area contributed by atoms with E-state index in [9.17, 15) is 14.9 Å². The first-order valence-electron chi connectivity index (χ1n) is 9.74. The van der Waals surface area contributed by atoms with Gasteiger partial charge in [0.15, 0.2) is 0 Å². The van der Waals surface area contributed by atoms with Crippen LogP contribution in [0.1, 0.15) is 18.9 Å². The Bertz CT molecular complexity index is 927. The van der Waals surface area contributed by atoms with Crippen LogP contribution in [0.25, 0.3) is 0 Å². The zero-order valence-electron chi connectivity index (χ0n) is 16.8.